The molecular formula is C16H20N2O3. The second-order valence-electron chi connectivity index (χ2n) is 5.26. The smallest absolute Gasteiger partial charge is 0.316 e. The molecule has 0 bridgehead atoms. The first-order valence-corrected chi connectivity index (χ1v) is 7.01. The molecule has 0 fully saturated rings. The number of aryl methyl sites for hydroxylation is 3. The van der Waals surface area contributed by atoms with Gasteiger partial charge in [0.2, 0.25) is 5.78 Å². The Morgan fingerprint density at radius 3 is 2.52 bits per heavy atom. The molecule has 1 heterocycles. The second-order valence-corrected chi connectivity index (χ2v) is 5.26. The van der Waals surface area contributed by atoms with Crippen molar-refractivity contribution in [3.63, 3.8) is 0 Å². The number of carbonyl (C=O) groups excluding carboxylic acids is 2. The standard InChI is InChI=1S/C16H20N2O3/c1-6-21-16(20)11(4)14(19)15-17-12-7-9(2)10(3)8-13(12)18(15)5/h7-8,11H,6H2,1-5H3. The molecule has 0 amide bonds. The van der Waals surface area contributed by atoms with Crippen LogP contribution in [0.3, 0.4) is 0 Å². The predicted octanol–water partition coefficient (Wildman–Crippen LogP) is 2.57. The van der Waals surface area contributed by atoms with Crippen LogP contribution in [0.5, 0.6) is 0 Å². The molecule has 0 radical (unpaired) electrons. The first-order chi connectivity index (χ1) is 9.86. The van der Waals surface area contributed by atoms with E-state index < -0.39 is 11.9 Å². The van der Waals surface area contributed by atoms with Crippen LogP contribution in [-0.2, 0) is 16.6 Å². The highest BCUT2D eigenvalue weighted by atomic mass is 16.5. The molecule has 5 nitrogen and oxygen atoms in total. The van der Waals surface area contributed by atoms with Gasteiger partial charge in [-0.05, 0) is 51.0 Å². The molecule has 5 heteroatoms. The van der Waals surface area contributed by atoms with Crippen LogP contribution in [0.25, 0.3) is 11.0 Å². The fourth-order valence-electron chi connectivity index (χ4n) is 2.24. The molecule has 2 aromatic rings. The van der Waals surface area contributed by atoms with Gasteiger partial charge in [-0.1, -0.05) is 0 Å². The maximum absolute atomic E-state index is 12.4. The minimum absolute atomic E-state index is 0.261. The normalized spacial score (nSPS) is 12.4. The summed E-state index contributed by atoms with van der Waals surface area (Å²) in [6, 6.07) is 3.96. The summed E-state index contributed by atoms with van der Waals surface area (Å²) in [6.45, 7) is 7.56. The third kappa shape index (κ3) is 2.68. The topological polar surface area (TPSA) is 61.2 Å². The average Bonchev–Trinajstić information content (AvgIpc) is 2.75. The summed E-state index contributed by atoms with van der Waals surface area (Å²) in [6.07, 6.45) is 0. The van der Waals surface area contributed by atoms with Crippen LogP contribution in [0.2, 0.25) is 0 Å². The Labute approximate surface area is 123 Å². The molecule has 0 saturated heterocycles. The van der Waals surface area contributed by atoms with Crippen LogP contribution in [0.4, 0.5) is 0 Å². The van der Waals surface area contributed by atoms with E-state index in [0.29, 0.717) is 0 Å². The van der Waals surface area contributed by atoms with Crippen LogP contribution in [-0.4, -0.2) is 27.9 Å². The van der Waals surface area contributed by atoms with Gasteiger partial charge in [0.15, 0.2) is 5.82 Å². The summed E-state index contributed by atoms with van der Waals surface area (Å²) >= 11 is 0. The van der Waals surface area contributed by atoms with Crippen molar-refractivity contribution >= 4 is 22.8 Å². The molecule has 0 saturated carbocycles. The Bertz CT molecular complexity index is 716. The van der Waals surface area contributed by atoms with E-state index in [1.165, 1.54) is 0 Å². The zero-order valence-electron chi connectivity index (χ0n) is 13.1. The molecule has 0 N–H and O–H groups in total. The van der Waals surface area contributed by atoms with Gasteiger partial charge in [-0.25, -0.2) is 4.98 Å². The molecule has 1 aromatic heterocycles. The highest BCUT2D eigenvalue weighted by Crippen LogP contribution is 2.21. The number of nitrogens with zero attached hydrogens (tertiary/aromatic N) is 2. The maximum atomic E-state index is 12.4. The van der Waals surface area contributed by atoms with Crippen LogP contribution in [0, 0.1) is 19.8 Å². The van der Waals surface area contributed by atoms with E-state index in [0.717, 1.165) is 22.2 Å². The number of aromatic nitrogens is 2. The number of esters is 1. The zero-order valence-corrected chi connectivity index (χ0v) is 13.1. The number of hydrogen-bond donors (Lipinski definition) is 0. The minimum atomic E-state index is -0.845. The van der Waals surface area contributed by atoms with E-state index in [1.807, 2.05) is 26.0 Å². The number of imidazole rings is 1. The summed E-state index contributed by atoms with van der Waals surface area (Å²) in [5.74, 6) is -1.39. The van der Waals surface area contributed by atoms with Crippen LogP contribution < -0.4 is 0 Å². The van der Waals surface area contributed by atoms with Gasteiger partial charge in [-0.15, -0.1) is 0 Å². The molecule has 1 unspecified atom stereocenters. The molecule has 2 rings (SSSR count). The lowest BCUT2D eigenvalue weighted by atomic mass is 10.1. The molecule has 1 atom stereocenters. The molecular weight excluding hydrogens is 268 g/mol. The number of hydrogen-bond acceptors (Lipinski definition) is 4. The largest absolute Gasteiger partial charge is 0.465 e. The number of ketones is 1. The molecule has 21 heavy (non-hydrogen) atoms. The summed E-state index contributed by atoms with van der Waals surface area (Å²) < 4.78 is 6.64. The highest BCUT2D eigenvalue weighted by Gasteiger charge is 2.28. The third-order valence-corrected chi connectivity index (χ3v) is 3.75. The first-order valence-electron chi connectivity index (χ1n) is 7.01. The summed E-state index contributed by atoms with van der Waals surface area (Å²) in [5.41, 5.74) is 3.92. The van der Waals surface area contributed by atoms with Gasteiger partial charge in [0.05, 0.1) is 17.6 Å². The van der Waals surface area contributed by atoms with E-state index in [-0.39, 0.29) is 18.2 Å². The van der Waals surface area contributed by atoms with Crippen LogP contribution in [0.1, 0.15) is 35.6 Å². The summed E-state index contributed by atoms with van der Waals surface area (Å²) in [5, 5.41) is 0. The number of carbonyl (C=O) groups is 2. The Morgan fingerprint density at radius 1 is 1.29 bits per heavy atom. The molecule has 1 aromatic carbocycles. The van der Waals surface area contributed by atoms with Crippen LogP contribution in [0.15, 0.2) is 12.1 Å². The predicted molar refractivity (Wildman–Crippen MR) is 80.3 cm³/mol. The fourth-order valence-corrected chi connectivity index (χ4v) is 2.24. The van der Waals surface area contributed by atoms with Gasteiger partial charge in [0.25, 0.3) is 0 Å². The van der Waals surface area contributed by atoms with Gasteiger partial charge in [0.1, 0.15) is 5.92 Å². The number of Topliss-reactive ketones (excluding diaryl/α,β-unsaturated/α-hetero) is 1. The first kappa shape index (κ1) is 15.2. The lowest BCUT2D eigenvalue weighted by molar-refractivity contribution is -0.145. The molecule has 0 aliphatic heterocycles. The van der Waals surface area contributed by atoms with E-state index >= 15 is 0 Å². The fraction of sp³-hybridized carbons (Fsp3) is 0.438. The zero-order chi connectivity index (χ0) is 15.7. The third-order valence-electron chi connectivity index (χ3n) is 3.75. The van der Waals surface area contributed by atoms with E-state index in [4.69, 9.17) is 4.74 Å². The van der Waals surface area contributed by atoms with Crippen molar-refractivity contribution < 1.29 is 14.3 Å². The van der Waals surface area contributed by atoms with Crippen molar-refractivity contribution in [1.29, 1.82) is 0 Å². The summed E-state index contributed by atoms with van der Waals surface area (Å²) in [4.78, 5) is 28.5. The lowest BCUT2D eigenvalue weighted by Gasteiger charge is -2.09. The second kappa shape index (κ2) is 5.68. The van der Waals surface area contributed by atoms with E-state index in [9.17, 15) is 9.59 Å². The molecule has 0 aliphatic carbocycles. The Morgan fingerprint density at radius 2 is 1.90 bits per heavy atom. The molecule has 0 spiro atoms. The van der Waals surface area contributed by atoms with Crippen molar-refractivity contribution in [2.75, 3.05) is 6.61 Å². The van der Waals surface area contributed by atoms with Gasteiger partial charge >= 0.3 is 5.97 Å². The van der Waals surface area contributed by atoms with Crippen molar-refractivity contribution in [3.05, 3.63) is 29.1 Å². The SMILES string of the molecule is CCOC(=O)C(C)C(=O)c1nc2cc(C)c(C)cc2n1C. The number of fused-ring (bicyclic) bond motifs is 1. The van der Waals surface area contributed by atoms with E-state index in [1.54, 1.807) is 25.5 Å². The maximum Gasteiger partial charge on any atom is 0.316 e. The van der Waals surface area contributed by atoms with Gasteiger partial charge in [-0.2, -0.15) is 0 Å². The quantitative estimate of drug-likeness (QED) is 0.493. The Balaban J connectivity index is 2.45. The molecule has 112 valence electrons. The van der Waals surface area contributed by atoms with Gasteiger partial charge in [-0.3, -0.25) is 9.59 Å². The number of ether oxygens (including phenoxy) is 1. The Kier molecular flexibility index (Phi) is 4.11. The van der Waals surface area contributed by atoms with Gasteiger partial charge in [0, 0.05) is 7.05 Å². The minimum Gasteiger partial charge on any atom is -0.465 e. The number of benzene rings is 1. The average molecular weight is 288 g/mol. The Hall–Kier alpha value is -2.17. The lowest BCUT2D eigenvalue weighted by Crippen LogP contribution is -2.25. The monoisotopic (exact) mass is 288 g/mol. The van der Waals surface area contributed by atoms with Crippen molar-refractivity contribution in [1.82, 2.24) is 9.55 Å². The molecule has 0 aliphatic rings. The van der Waals surface area contributed by atoms with Gasteiger partial charge < -0.3 is 9.30 Å². The van der Waals surface area contributed by atoms with Crippen molar-refractivity contribution in [3.8, 4) is 0 Å². The summed E-state index contributed by atoms with van der Waals surface area (Å²) in [7, 11) is 1.79. The van der Waals surface area contributed by atoms with Crippen LogP contribution >= 0.6 is 0 Å². The van der Waals surface area contributed by atoms with Crippen molar-refractivity contribution in [2.45, 2.75) is 27.7 Å². The number of rotatable bonds is 4. The highest BCUT2D eigenvalue weighted by molar-refractivity contribution is 6.07. The van der Waals surface area contributed by atoms with Crippen molar-refractivity contribution in [2.24, 2.45) is 13.0 Å². The van der Waals surface area contributed by atoms with E-state index in [2.05, 4.69) is 4.98 Å².